The molecule has 0 unspecified atom stereocenters. The average Bonchev–Trinajstić information content (AvgIpc) is 2.96. The maximum absolute atomic E-state index is 11.9. The topological polar surface area (TPSA) is 59.3 Å². The van der Waals surface area contributed by atoms with Crippen molar-refractivity contribution in [3.05, 3.63) is 35.9 Å². The number of hydrogen-bond donors (Lipinski definition) is 1. The Kier molecular flexibility index (Phi) is 4.81. The first kappa shape index (κ1) is 15.8. The monoisotopic (exact) mass is 328 g/mol. The molecule has 0 spiro atoms. The number of pyridine rings is 1. The lowest BCUT2D eigenvalue weighted by atomic mass is 10.1. The van der Waals surface area contributed by atoms with Crippen LogP contribution in [0.1, 0.15) is 25.3 Å². The predicted octanol–water partition coefficient (Wildman–Crippen LogP) is 3.20. The molecule has 0 bridgehead atoms. The van der Waals surface area contributed by atoms with Crippen LogP contribution in [-0.4, -0.2) is 32.8 Å². The number of carbonyl (C=O) groups is 1. The summed E-state index contributed by atoms with van der Waals surface area (Å²) in [6.45, 7) is 4.92. The minimum atomic E-state index is 0.0385. The Morgan fingerprint density at radius 3 is 2.96 bits per heavy atom. The first-order chi connectivity index (χ1) is 11.2. The maximum Gasteiger partial charge on any atom is 0.230 e. The van der Waals surface area contributed by atoms with Gasteiger partial charge in [0.25, 0.3) is 0 Å². The summed E-state index contributed by atoms with van der Waals surface area (Å²) in [6.07, 6.45) is 2.09. The minimum absolute atomic E-state index is 0.0385. The van der Waals surface area contributed by atoms with E-state index in [4.69, 9.17) is 0 Å². The van der Waals surface area contributed by atoms with Gasteiger partial charge in [0, 0.05) is 11.9 Å². The summed E-state index contributed by atoms with van der Waals surface area (Å²) >= 11 is 1.42. The molecular weight excluding hydrogens is 308 g/mol. The van der Waals surface area contributed by atoms with Gasteiger partial charge in [-0.15, -0.1) is 10.2 Å². The highest BCUT2D eigenvalue weighted by molar-refractivity contribution is 7.99. The Balaban J connectivity index is 1.85. The SMILES string of the molecule is CCCCNC(=O)CSc1nnc2cc(C)c3ccccc3n12. The second-order valence-corrected chi connectivity index (χ2v) is 6.46. The summed E-state index contributed by atoms with van der Waals surface area (Å²) in [4.78, 5) is 11.9. The fourth-order valence-corrected chi connectivity index (χ4v) is 3.34. The maximum atomic E-state index is 11.9. The molecule has 1 aromatic carbocycles. The average molecular weight is 328 g/mol. The number of amides is 1. The number of nitrogens with zero attached hydrogens (tertiary/aromatic N) is 3. The van der Waals surface area contributed by atoms with Crippen LogP contribution in [0.2, 0.25) is 0 Å². The molecule has 3 aromatic rings. The first-order valence-electron chi connectivity index (χ1n) is 7.83. The van der Waals surface area contributed by atoms with Crippen LogP contribution in [0.25, 0.3) is 16.6 Å². The fraction of sp³-hybridized carbons (Fsp3) is 0.353. The molecule has 6 heteroatoms. The van der Waals surface area contributed by atoms with E-state index in [1.165, 1.54) is 22.7 Å². The molecule has 0 saturated heterocycles. The lowest BCUT2D eigenvalue weighted by Gasteiger charge is -2.07. The smallest absolute Gasteiger partial charge is 0.230 e. The quantitative estimate of drug-likeness (QED) is 0.558. The molecule has 1 amide bonds. The second-order valence-electron chi connectivity index (χ2n) is 5.51. The number of para-hydroxylation sites is 1. The minimum Gasteiger partial charge on any atom is -0.355 e. The second kappa shape index (κ2) is 7.00. The van der Waals surface area contributed by atoms with Crippen LogP contribution in [0.3, 0.4) is 0 Å². The molecule has 2 heterocycles. The molecule has 23 heavy (non-hydrogen) atoms. The highest BCUT2D eigenvalue weighted by atomic mass is 32.2. The highest BCUT2D eigenvalue weighted by Crippen LogP contribution is 2.25. The number of fused-ring (bicyclic) bond motifs is 3. The summed E-state index contributed by atoms with van der Waals surface area (Å²) in [5.41, 5.74) is 3.06. The molecule has 0 aliphatic heterocycles. The van der Waals surface area contributed by atoms with Crippen molar-refractivity contribution in [2.24, 2.45) is 0 Å². The highest BCUT2D eigenvalue weighted by Gasteiger charge is 2.12. The summed E-state index contributed by atoms with van der Waals surface area (Å²) < 4.78 is 2.02. The van der Waals surface area contributed by atoms with Crippen molar-refractivity contribution in [1.29, 1.82) is 0 Å². The fourth-order valence-electron chi connectivity index (χ4n) is 2.55. The largest absolute Gasteiger partial charge is 0.355 e. The van der Waals surface area contributed by atoms with Crippen LogP contribution in [0.15, 0.2) is 35.5 Å². The summed E-state index contributed by atoms with van der Waals surface area (Å²) in [7, 11) is 0. The number of thioether (sulfide) groups is 1. The molecule has 2 aromatic heterocycles. The van der Waals surface area contributed by atoms with Crippen LogP contribution in [0, 0.1) is 6.92 Å². The van der Waals surface area contributed by atoms with Crippen molar-refractivity contribution in [3.8, 4) is 0 Å². The zero-order valence-electron chi connectivity index (χ0n) is 13.4. The van der Waals surface area contributed by atoms with E-state index in [2.05, 4.69) is 41.5 Å². The van der Waals surface area contributed by atoms with Crippen molar-refractivity contribution in [2.75, 3.05) is 12.3 Å². The molecule has 0 saturated carbocycles. The molecule has 0 aliphatic carbocycles. The number of benzene rings is 1. The van der Waals surface area contributed by atoms with Crippen LogP contribution in [0.4, 0.5) is 0 Å². The van der Waals surface area contributed by atoms with Gasteiger partial charge in [0.15, 0.2) is 10.8 Å². The third-order valence-corrected chi connectivity index (χ3v) is 4.69. The zero-order valence-corrected chi connectivity index (χ0v) is 14.2. The van der Waals surface area contributed by atoms with E-state index in [1.54, 1.807) is 0 Å². The molecule has 120 valence electrons. The molecule has 0 radical (unpaired) electrons. The Labute approximate surface area is 139 Å². The first-order valence-corrected chi connectivity index (χ1v) is 8.82. The van der Waals surface area contributed by atoms with Gasteiger partial charge in [0.05, 0.1) is 11.3 Å². The Hall–Kier alpha value is -2.08. The number of nitrogens with one attached hydrogen (secondary N) is 1. The lowest BCUT2D eigenvalue weighted by molar-refractivity contribution is -0.118. The van der Waals surface area contributed by atoms with Crippen LogP contribution in [-0.2, 0) is 4.79 Å². The number of aryl methyl sites for hydroxylation is 1. The van der Waals surface area contributed by atoms with Crippen LogP contribution < -0.4 is 5.32 Å². The standard InChI is InChI=1S/C17H20N4OS/c1-3-4-9-18-16(22)11-23-17-20-19-15-10-12(2)13-7-5-6-8-14(13)21(15)17/h5-8,10H,3-4,9,11H2,1-2H3,(H,18,22). The van der Waals surface area contributed by atoms with Crippen molar-refractivity contribution in [1.82, 2.24) is 19.9 Å². The number of carbonyl (C=O) groups excluding carboxylic acids is 1. The summed E-state index contributed by atoms with van der Waals surface area (Å²) in [6, 6.07) is 10.2. The van der Waals surface area contributed by atoms with E-state index in [-0.39, 0.29) is 5.91 Å². The van der Waals surface area contributed by atoms with Crippen molar-refractivity contribution in [2.45, 2.75) is 31.8 Å². The molecule has 0 atom stereocenters. The Bertz CT molecular complexity index is 843. The molecule has 3 rings (SSSR count). The van der Waals surface area contributed by atoms with E-state index in [9.17, 15) is 4.79 Å². The molecule has 5 nitrogen and oxygen atoms in total. The molecular formula is C17H20N4OS. The number of rotatable bonds is 6. The predicted molar refractivity (Wildman–Crippen MR) is 93.9 cm³/mol. The third kappa shape index (κ3) is 3.32. The number of unbranched alkanes of at least 4 members (excludes halogenated alkanes) is 1. The third-order valence-electron chi connectivity index (χ3n) is 3.76. The van der Waals surface area contributed by atoms with E-state index >= 15 is 0 Å². The van der Waals surface area contributed by atoms with Gasteiger partial charge in [-0.2, -0.15) is 0 Å². The molecule has 0 aliphatic rings. The summed E-state index contributed by atoms with van der Waals surface area (Å²) in [5.74, 6) is 0.392. The van der Waals surface area contributed by atoms with E-state index < -0.39 is 0 Å². The van der Waals surface area contributed by atoms with Crippen LogP contribution in [0.5, 0.6) is 0 Å². The van der Waals surface area contributed by atoms with Gasteiger partial charge in [-0.25, -0.2) is 0 Å². The van der Waals surface area contributed by atoms with Gasteiger partial charge in [-0.05, 0) is 31.0 Å². The lowest BCUT2D eigenvalue weighted by Crippen LogP contribution is -2.26. The van der Waals surface area contributed by atoms with Crippen molar-refractivity contribution >= 4 is 34.2 Å². The van der Waals surface area contributed by atoms with Gasteiger partial charge >= 0.3 is 0 Å². The van der Waals surface area contributed by atoms with Gasteiger partial charge < -0.3 is 5.32 Å². The normalized spacial score (nSPS) is 11.2. The number of aromatic nitrogens is 3. The van der Waals surface area contributed by atoms with Gasteiger partial charge in [-0.3, -0.25) is 9.20 Å². The zero-order chi connectivity index (χ0) is 16.2. The van der Waals surface area contributed by atoms with E-state index in [0.29, 0.717) is 5.75 Å². The van der Waals surface area contributed by atoms with Crippen molar-refractivity contribution < 1.29 is 4.79 Å². The summed E-state index contributed by atoms with van der Waals surface area (Å²) in [5, 5.41) is 13.3. The van der Waals surface area contributed by atoms with E-state index in [1.807, 2.05) is 22.6 Å². The van der Waals surface area contributed by atoms with Crippen molar-refractivity contribution in [3.63, 3.8) is 0 Å². The molecule has 0 fully saturated rings. The molecule has 1 N–H and O–H groups in total. The van der Waals surface area contributed by atoms with Crippen LogP contribution >= 0.6 is 11.8 Å². The van der Waals surface area contributed by atoms with Gasteiger partial charge in [-0.1, -0.05) is 43.3 Å². The van der Waals surface area contributed by atoms with E-state index in [0.717, 1.165) is 35.7 Å². The van der Waals surface area contributed by atoms with Gasteiger partial charge in [0.2, 0.25) is 5.91 Å². The van der Waals surface area contributed by atoms with Gasteiger partial charge in [0.1, 0.15) is 0 Å². The Morgan fingerprint density at radius 2 is 2.13 bits per heavy atom. The Morgan fingerprint density at radius 1 is 1.30 bits per heavy atom. The number of hydrogen-bond acceptors (Lipinski definition) is 4.